The van der Waals surface area contributed by atoms with E-state index in [1.807, 2.05) is 6.92 Å². The van der Waals surface area contributed by atoms with Crippen LogP contribution in [0.3, 0.4) is 0 Å². The van der Waals surface area contributed by atoms with Crippen molar-refractivity contribution in [2.75, 3.05) is 18.9 Å². The fourth-order valence-corrected chi connectivity index (χ4v) is 3.16. The predicted octanol–water partition coefficient (Wildman–Crippen LogP) is 2.97. The summed E-state index contributed by atoms with van der Waals surface area (Å²) in [6.45, 7) is 4.40. The van der Waals surface area contributed by atoms with Gasteiger partial charge in [-0.15, -0.1) is 0 Å². The Balaban J connectivity index is 2.90. The van der Waals surface area contributed by atoms with Gasteiger partial charge < -0.3 is 30.4 Å². The number of rotatable bonds is 8. The number of nitrogen functional groups attached to an aromatic ring is 1. The van der Waals surface area contributed by atoms with E-state index >= 15 is 0 Å². The Labute approximate surface area is 168 Å². The van der Waals surface area contributed by atoms with Crippen molar-refractivity contribution >= 4 is 33.7 Å². The first-order valence-electron chi connectivity index (χ1n) is 8.34. The van der Waals surface area contributed by atoms with Crippen molar-refractivity contribution in [3.8, 4) is 22.6 Å². The third-order valence-electron chi connectivity index (χ3n) is 3.74. The first kappa shape index (κ1) is 21.3. The van der Waals surface area contributed by atoms with Crippen LogP contribution in [0, 0.1) is 0 Å². The number of aromatic carboxylic acids is 2. The molecule has 0 unspecified atom stereocenters. The number of anilines is 1. The van der Waals surface area contributed by atoms with E-state index in [0.29, 0.717) is 23.4 Å². The molecule has 0 bridgehead atoms. The van der Waals surface area contributed by atoms with E-state index < -0.39 is 34.4 Å². The first-order valence-corrected chi connectivity index (χ1v) is 9.13. The van der Waals surface area contributed by atoms with Crippen molar-refractivity contribution in [1.29, 1.82) is 0 Å². The van der Waals surface area contributed by atoms with Gasteiger partial charge in [-0.25, -0.2) is 9.59 Å². The van der Waals surface area contributed by atoms with Crippen LogP contribution in [-0.2, 0) is 0 Å². The number of halogens is 1. The smallest absolute Gasteiger partial charge is 0.342 e. The highest BCUT2D eigenvalue weighted by Crippen LogP contribution is 2.41. The van der Waals surface area contributed by atoms with Crippen molar-refractivity contribution in [3.05, 3.63) is 38.1 Å². The molecule has 0 fully saturated rings. The van der Waals surface area contributed by atoms with Crippen LogP contribution in [0.15, 0.2) is 21.4 Å². The highest BCUT2D eigenvalue weighted by atomic mass is 79.9. The zero-order chi connectivity index (χ0) is 21.0. The zero-order valence-corrected chi connectivity index (χ0v) is 16.8. The second-order valence-corrected chi connectivity index (χ2v) is 6.52. The molecule has 0 aliphatic carbocycles. The Morgan fingerprint density at radius 2 is 1.71 bits per heavy atom. The number of aromatic amines is 1. The summed E-state index contributed by atoms with van der Waals surface area (Å²) in [7, 11) is 0. The number of nitrogens with one attached hydrogen (secondary N) is 1. The van der Waals surface area contributed by atoms with E-state index in [0.717, 1.165) is 6.42 Å². The molecule has 2 aromatic rings. The monoisotopic (exact) mass is 454 g/mol. The van der Waals surface area contributed by atoms with Gasteiger partial charge in [0.15, 0.2) is 11.5 Å². The number of carboxylic acid groups (broad SMARTS) is 2. The third-order valence-corrected chi connectivity index (χ3v) is 4.39. The van der Waals surface area contributed by atoms with Gasteiger partial charge in [0.2, 0.25) is 0 Å². The molecule has 1 heterocycles. The van der Waals surface area contributed by atoms with Crippen LogP contribution in [0.25, 0.3) is 11.1 Å². The van der Waals surface area contributed by atoms with Crippen molar-refractivity contribution in [2.45, 2.75) is 20.3 Å². The molecular formula is C18H19BrN2O7. The summed E-state index contributed by atoms with van der Waals surface area (Å²) in [6, 6.07) is 2.95. The maximum absolute atomic E-state index is 12.2. The fraction of sp³-hybridized carbons (Fsp3) is 0.278. The molecule has 0 saturated heterocycles. The van der Waals surface area contributed by atoms with Crippen LogP contribution in [-0.4, -0.2) is 40.3 Å². The molecule has 1 aromatic heterocycles. The molecule has 150 valence electrons. The van der Waals surface area contributed by atoms with Gasteiger partial charge in [0.1, 0.15) is 16.9 Å². The molecule has 0 amide bonds. The van der Waals surface area contributed by atoms with Crippen LogP contribution in [0.2, 0.25) is 0 Å². The Morgan fingerprint density at radius 3 is 2.25 bits per heavy atom. The predicted molar refractivity (Wildman–Crippen MR) is 105 cm³/mol. The highest BCUT2D eigenvalue weighted by Gasteiger charge is 2.28. The lowest BCUT2D eigenvalue weighted by atomic mass is 9.95. The van der Waals surface area contributed by atoms with E-state index in [9.17, 15) is 24.6 Å². The molecule has 0 aliphatic heterocycles. The Kier molecular flexibility index (Phi) is 6.68. The summed E-state index contributed by atoms with van der Waals surface area (Å²) in [4.78, 5) is 37.7. The summed E-state index contributed by atoms with van der Waals surface area (Å²) in [5.74, 6) is -2.85. The normalized spacial score (nSPS) is 10.5. The molecule has 5 N–H and O–H groups in total. The van der Waals surface area contributed by atoms with Crippen molar-refractivity contribution in [2.24, 2.45) is 0 Å². The number of nitrogens with two attached hydrogens (primary N) is 1. The summed E-state index contributed by atoms with van der Waals surface area (Å²) in [5.41, 5.74) is 3.20. The molecular weight excluding hydrogens is 436 g/mol. The number of carbonyl (C=O) groups is 2. The maximum atomic E-state index is 12.2. The van der Waals surface area contributed by atoms with E-state index in [2.05, 4.69) is 20.9 Å². The Bertz CT molecular complexity index is 985. The van der Waals surface area contributed by atoms with Crippen LogP contribution in [0.5, 0.6) is 11.5 Å². The fourth-order valence-electron chi connectivity index (χ4n) is 2.64. The van der Waals surface area contributed by atoms with Gasteiger partial charge in [-0.1, -0.05) is 22.9 Å². The highest BCUT2D eigenvalue weighted by molar-refractivity contribution is 9.10. The number of carboxylic acids is 2. The van der Waals surface area contributed by atoms with Crippen LogP contribution >= 0.6 is 15.9 Å². The Hall–Kier alpha value is -3.01. The van der Waals surface area contributed by atoms with Gasteiger partial charge in [-0.05, 0) is 25.5 Å². The quantitative estimate of drug-likeness (QED) is 0.474. The lowest BCUT2D eigenvalue weighted by Crippen LogP contribution is -2.24. The summed E-state index contributed by atoms with van der Waals surface area (Å²) in [5, 5.41) is 19.1. The standard InChI is InChI=1S/C18H19BrN2O7/c1-3-5-28-11-7-9(19)8(6-10(11)27-4-2)12-13(17(23)24)15(20)21-16(22)14(12)18(25)26/h6-7H,3-5H2,1-2H3,(H,23,24)(H,25,26)(H3,20,21,22). The van der Waals surface area contributed by atoms with Gasteiger partial charge in [0, 0.05) is 15.6 Å². The molecule has 0 atom stereocenters. The Morgan fingerprint density at radius 1 is 1.11 bits per heavy atom. The average Bonchev–Trinajstić information content (AvgIpc) is 2.60. The van der Waals surface area contributed by atoms with Gasteiger partial charge >= 0.3 is 11.9 Å². The number of hydrogen-bond acceptors (Lipinski definition) is 6. The number of pyridine rings is 1. The minimum atomic E-state index is -1.59. The topological polar surface area (TPSA) is 152 Å². The van der Waals surface area contributed by atoms with Gasteiger partial charge in [-0.2, -0.15) is 0 Å². The molecule has 0 spiro atoms. The number of aromatic nitrogens is 1. The second kappa shape index (κ2) is 8.79. The van der Waals surface area contributed by atoms with Gasteiger partial charge in [0.05, 0.1) is 13.2 Å². The molecule has 9 nitrogen and oxygen atoms in total. The summed E-state index contributed by atoms with van der Waals surface area (Å²) in [6.07, 6.45) is 0.752. The van der Waals surface area contributed by atoms with Crippen molar-refractivity contribution in [3.63, 3.8) is 0 Å². The number of H-pyrrole nitrogens is 1. The summed E-state index contributed by atoms with van der Waals surface area (Å²) < 4.78 is 11.5. The van der Waals surface area contributed by atoms with Crippen LogP contribution in [0.1, 0.15) is 41.0 Å². The van der Waals surface area contributed by atoms with Gasteiger partial charge in [-0.3, -0.25) is 4.79 Å². The molecule has 10 heteroatoms. The minimum absolute atomic E-state index is 0.125. The van der Waals surface area contributed by atoms with Gasteiger partial charge in [0.25, 0.3) is 5.56 Å². The largest absolute Gasteiger partial charge is 0.490 e. The second-order valence-electron chi connectivity index (χ2n) is 5.66. The van der Waals surface area contributed by atoms with E-state index in [1.54, 1.807) is 6.92 Å². The molecule has 0 aliphatic rings. The lowest BCUT2D eigenvalue weighted by Gasteiger charge is -2.17. The molecule has 0 radical (unpaired) electrons. The zero-order valence-electron chi connectivity index (χ0n) is 15.2. The summed E-state index contributed by atoms with van der Waals surface area (Å²) >= 11 is 3.30. The average molecular weight is 455 g/mol. The van der Waals surface area contributed by atoms with E-state index in [-0.39, 0.29) is 16.9 Å². The first-order chi connectivity index (χ1) is 13.2. The molecule has 28 heavy (non-hydrogen) atoms. The van der Waals surface area contributed by atoms with Crippen LogP contribution in [0.4, 0.5) is 5.82 Å². The third kappa shape index (κ3) is 4.11. The molecule has 0 saturated carbocycles. The molecule has 2 rings (SSSR count). The molecule has 1 aromatic carbocycles. The number of benzene rings is 1. The number of hydrogen-bond donors (Lipinski definition) is 4. The minimum Gasteiger partial charge on any atom is -0.490 e. The lowest BCUT2D eigenvalue weighted by molar-refractivity contribution is 0.0695. The van der Waals surface area contributed by atoms with Crippen LogP contribution < -0.4 is 20.8 Å². The van der Waals surface area contributed by atoms with Crippen molar-refractivity contribution in [1.82, 2.24) is 4.98 Å². The van der Waals surface area contributed by atoms with Crippen molar-refractivity contribution < 1.29 is 29.3 Å². The SMILES string of the molecule is CCCOc1cc(Br)c(-c2c(C(=O)O)c(N)[nH]c(=O)c2C(=O)O)cc1OCC. The van der Waals surface area contributed by atoms with E-state index in [1.165, 1.54) is 12.1 Å². The maximum Gasteiger partial charge on any atom is 0.342 e. The van der Waals surface area contributed by atoms with E-state index in [4.69, 9.17) is 15.2 Å². The number of ether oxygens (including phenoxy) is 2.